The average Bonchev–Trinajstić information content (AvgIpc) is 2.72. The molecule has 0 aliphatic carbocycles. The van der Waals surface area contributed by atoms with Crippen molar-refractivity contribution in [3.05, 3.63) is 29.8 Å². The van der Waals surface area contributed by atoms with Crippen LogP contribution in [0.25, 0.3) is 0 Å². The van der Waals surface area contributed by atoms with Crippen LogP contribution in [0.3, 0.4) is 0 Å². The molecule has 4 nitrogen and oxygen atoms in total. The molecule has 1 aromatic carbocycles. The summed E-state index contributed by atoms with van der Waals surface area (Å²) >= 11 is 0. The van der Waals surface area contributed by atoms with Gasteiger partial charge in [-0.2, -0.15) is 0 Å². The van der Waals surface area contributed by atoms with E-state index in [4.69, 9.17) is 4.74 Å². The van der Waals surface area contributed by atoms with Crippen LogP contribution in [0.2, 0.25) is 0 Å². The number of nitrogens with one attached hydrogen (secondary N) is 1. The fourth-order valence-electron chi connectivity index (χ4n) is 2.32. The highest BCUT2D eigenvalue weighted by Gasteiger charge is 2.30. The van der Waals surface area contributed by atoms with E-state index >= 15 is 0 Å². The fraction of sp³-hybridized carbons (Fsp3) is 0.533. The number of hydrogen-bond donors (Lipinski definition) is 1. The van der Waals surface area contributed by atoms with E-state index in [9.17, 15) is 4.79 Å². The number of hydrogen-bond acceptors (Lipinski definition) is 3. The molecule has 1 aliphatic heterocycles. The third-order valence-corrected chi connectivity index (χ3v) is 3.55. The predicted molar refractivity (Wildman–Crippen MR) is 75.2 cm³/mol. The van der Waals surface area contributed by atoms with Gasteiger partial charge in [0.25, 0.3) is 5.91 Å². The van der Waals surface area contributed by atoms with E-state index in [1.54, 1.807) is 4.90 Å². The van der Waals surface area contributed by atoms with Gasteiger partial charge >= 0.3 is 0 Å². The van der Waals surface area contributed by atoms with Gasteiger partial charge in [-0.1, -0.05) is 19.1 Å². The molecule has 1 aromatic rings. The third-order valence-electron chi connectivity index (χ3n) is 3.55. The third kappa shape index (κ3) is 3.26. The van der Waals surface area contributed by atoms with Gasteiger partial charge in [0.1, 0.15) is 5.75 Å². The maximum atomic E-state index is 11.8. The zero-order chi connectivity index (χ0) is 13.8. The number of nitrogens with zero attached hydrogens (tertiary/aromatic N) is 1. The fourth-order valence-corrected chi connectivity index (χ4v) is 2.32. The summed E-state index contributed by atoms with van der Waals surface area (Å²) in [6.07, 6.45) is 0.451. The van der Waals surface area contributed by atoms with E-state index in [2.05, 4.69) is 19.2 Å². The minimum absolute atomic E-state index is 0.0742. The van der Waals surface area contributed by atoms with Gasteiger partial charge in [0.2, 0.25) is 0 Å². The molecule has 104 valence electrons. The zero-order valence-electron chi connectivity index (χ0n) is 11.8. The normalized spacial score (nSPS) is 20.7. The summed E-state index contributed by atoms with van der Waals surface area (Å²) in [6, 6.07) is 8.31. The number of amides is 1. The van der Waals surface area contributed by atoms with Gasteiger partial charge in [-0.25, -0.2) is 0 Å². The highest BCUT2D eigenvalue weighted by atomic mass is 16.5. The van der Waals surface area contributed by atoms with Crippen molar-refractivity contribution in [2.75, 3.05) is 20.1 Å². The van der Waals surface area contributed by atoms with Crippen molar-refractivity contribution in [2.45, 2.75) is 32.4 Å². The topological polar surface area (TPSA) is 41.6 Å². The summed E-state index contributed by atoms with van der Waals surface area (Å²) < 4.78 is 5.74. The number of carbonyl (C=O) groups excluding carboxylic acids is 1. The number of ether oxygens (including phenoxy) is 1. The molecule has 1 N–H and O–H groups in total. The maximum Gasteiger partial charge on any atom is 0.263 e. The van der Waals surface area contributed by atoms with E-state index in [-0.39, 0.29) is 12.0 Å². The molecule has 2 atom stereocenters. The zero-order valence-corrected chi connectivity index (χ0v) is 11.8. The smallest absolute Gasteiger partial charge is 0.263 e. The quantitative estimate of drug-likeness (QED) is 0.882. The second-order valence-corrected chi connectivity index (χ2v) is 5.00. The molecule has 0 radical (unpaired) electrons. The van der Waals surface area contributed by atoms with Crippen LogP contribution in [0.4, 0.5) is 0 Å². The Labute approximate surface area is 114 Å². The summed E-state index contributed by atoms with van der Waals surface area (Å²) in [6.45, 7) is 5.95. The number of benzene rings is 1. The Hall–Kier alpha value is -1.55. The number of likely N-dealkylation sites (N-methyl/N-ethyl adjacent to an activating group) is 1. The largest absolute Gasteiger partial charge is 0.481 e. The van der Waals surface area contributed by atoms with Gasteiger partial charge in [0, 0.05) is 26.1 Å². The van der Waals surface area contributed by atoms with Crippen LogP contribution < -0.4 is 10.1 Å². The lowest BCUT2D eigenvalue weighted by Crippen LogP contribution is -2.29. The van der Waals surface area contributed by atoms with Crippen molar-refractivity contribution in [2.24, 2.45) is 0 Å². The standard InChI is InChI=1S/C15H22N2O2/c1-4-16-11(2)12-5-7-13(8-6-12)19-14-9-10-17(3)15(14)18/h5-8,11,14,16H,4,9-10H2,1-3H3. The van der Waals surface area contributed by atoms with Gasteiger partial charge in [0.05, 0.1) is 0 Å². The highest BCUT2D eigenvalue weighted by molar-refractivity contribution is 5.83. The summed E-state index contributed by atoms with van der Waals surface area (Å²) in [5.41, 5.74) is 1.23. The molecule has 0 saturated carbocycles. The molecule has 0 bridgehead atoms. The van der Waals surface area contributed by atoms with Crippen LogP contribution in [-0.4, -0.2) is 37.0 Å². The monoisotopic (exact) mass is 262 g/mol. The Morgan fingerprint density at radius 2 is 2.11 bits per heavy atom. The van der Waals surface area contributed by atoms with E-state index in [0.29, 0.717) is 6.04 Å². The Balaban J connectivity index is 1.97. The molecule has 1 aliphatic rings. The Morgan fingerprint density at radius 1 is 1.42 bits per heavy atom. The van der Waals surface area contributed by atoms with Crippen molar-refractivity contribution in [1.82, 2.24) is 10.2 Å². The molecule has 1 saturated heterocycles. The van der Waals surface area contributed by atoms with Gasteiger partial charge in [-0.3, -0.25) is 4.79 Å². The van der Waals surface area contributed by atoms with Crippen molar-refractivity contribution < 1.29 is 9.53 Å². The lowest BCUT2D eigenvalue weighted by atomic mass is 10.1. The predicted octanol–water partition coefficient (Wildman–Crippen LogP) is 1.97. The Bertz CT molecular complexity index is 430. The van der Waals surface area contributed by atoms with Crippen LogP contribution in [0.15, 0.2) is 24.3 Å². The van der Waals surface area contributed by atoms with Gasteiger partial charge in [-0.15, -0.1) is 0 Å². The number of carbonyl (C=O) groups is 1. The Morgan fingerprint density at radius 3 is 2.63 bits per heavy atom. The van der Waals surface area contributed by atoms with E-state index < -0.39 is 0 Å². The summed E-state index contributed by atoms with van der Waals surface area (Å²) in [5.74, 6) is 0.839. The molecule has 1 amide bonds. The average molecular weight is 262 g/mol. The minimum atomic E-state index is -0.318. The SMILES string of the molecule is CCNC(C)c1ccc(OC2CCN(C)C2=O)cc1. The molecule has 0 aromatic heterocycles. The van der Waals surface area contributed by atoms with Crippen LogP contribution in [0.5, 0.6) is 5.75 Å². The maximum absolute atomic E-state index is 11.8. The van der Waals surface area contributed by atoms with E-state index in [1.807, 2.05) is 31.3 Å². The van der Waals surface area contributed by atoms with Crippen LogP contribution in [-0.2, 0) is 4.79 Å². The van der Waals surface area contributed by atoms with Crippen molar-refractivity contribution in [1.29, 1.82) is 0 Å². The van der Waals surface area contributed by atoms with Gasteiger partial charge in [-0.05, 0) is 31.2 Å². The van der Waals surface area contributed by atoms with Crippen LogP contribution >= 0.6 is 0 Å². The molecule has 1 heterocycles. The van der Waals surface area contributed by atoms with Crippen LogP contribution in [0.1, 0.15) is 31.9 Å². The molecular weight excluding hydrogens is 240 g/mol. The molecule has 1 fully saturated rings. The Kier molecular flexibility index (Phi) is 4.43. The molecule has 2 unspecified atom stereocenters. The molecule has 4 heteroatoms. The summed E-state index contributed by atoms with van der Waals surface area (Å²) in [7, 11) is 1.81. The lowest BCUT2D eigenvalue weighted by Gasteiger charge is -2.15. The number of rotatable bonds is 5. The van der Waals surface area contributed by atoms with Crippen molar-refractivity contribution >= 4 is 5.91 Å². The second kappa shape index (κ2) is 6.06. The first-order chi connectivity index (χ1) is 9.11. The lowest BCUT2D eigenvalue weighted by molar-refractivity contribution is -0.132. The first-order valence-electron chi connectivity index (χ1n) is 6.86. The van der Waals surface area contributed by atoms with Crippen molar-refractivity contribution in [3.8, 4) is 5.75 Å². The second-order valence-electron chi connectivity index (χ2n) is 5.00. The summed E-state index contributed by atoms with van der Waals surface area (Å²) in [5, 5.41) is 3.37. The number of likely N-dealkylation sites (tertiary alicyclic amines) is 1. The van der Waals surface area contributed by atoms with Crippen LogP contribution in [0, 0.1) is 0 Å². The van der Waals surface area contributed by atoms with Gasteiger partial charge < -0.3 is 15.0 Å². The molecular formula is C15H22N2O2. The van der Waals surface area contributed by atoms with Gasteiger partial charge in [0.15, 0.2) is 6.10 Å². The molecule has 19 heavy (non-hydrogen) atoms. The van der Waals surface area contributed by atoms with Crippen molar-refractivity contribution in [3.63, 3.8) is 0 Å². The summed E-state index contributed by atoms with van der Waals surface area (Å²) in [4.78, 5) is 13.5. The van der Waals surface area contributed by atoms with E-state index in [1.165, 1.54) is 5.56 Å². The first kappa shape index (κ1) is 13.9. The highest BCUT2D eigenvalue weighted by Crippen LogP contribution is 2.21. The molecule has 0 spiro atoms. The first-order valence-corrected chi connectivity index (χ1v) is 6.86. The molecule has 2 rings (SSSR count). The van der Waals surface area contributed by atoms with E-state index in [0.717, 1.165) is 25.3 Å². The minimum Gasteiger partial charge on any atom is -0.481 e.